The van der Waals surface area contributed by atoms with E-state index in [1.807, 2.05) is 36.4 Å². The molecule has 0 amide bonds. The van der Waals surface area contributed by atoms with Crippen molar-refractivity contribution in [3.05, 3.63) is 156 Å². The van der Waals surface area contributed by atoms with Gasteiger partial charge in [0.2, 0.25) is 6.67 Å². The molecule has 312 valence electrons. The minimum absolute atomic E-state index is 0.0204. The number of benzene rings is 6. The summed E-state index contributed by atoms with van der Waals surface area (Å²) in [6.07, 6.45) is 4.19. The second-order valence-electron chi connectivity index (χ2n) is 21.0. The van der Waals surface area contributed by atoms with Crippen molar-refractivity contribution in [3.8, 4) is 45.1 Å². The predicted octanol–water partition coefficient (Wildman–Crippen LogP) is 12.6. The van der Waals surface area contributed by atoms with Crippen LogP contribution < -0.4 is 9.13 Å². The van der Waals surface area contributed by atoms with E-state index in [0.717, 1.165) is 33.2 Å². The summed E-state index contributed by atoms with van der Waals surface area (Å²) in [5.41, 5.74) is 15.2. The van der Waals surface area contributed by atoms with E-state index in [1.54, 1.807) is 12.1 Å². The van der Waals surface area contributed by atoms with Gasteiger partial charge < -0.3 is 10.2 Å². The lowest BCUT2D eigenvalue weighted by atomic mass is 9.79. The summed E-state index contributed by atoms with van der Waals surface area (Å²) >= 11 is 0. The molecule has 2 aromatic heterocycles. The Morgan fingerprint density at radius 2 is 0.721 bits per heavy atom. The number of rotatable bonds is 6. The van der Waals surface area contributed by atoms with E-state index in [0.29, 0.717) is 18.0 Å². The van der Waals surface area contributed by atoms with Gasteiger partial charge in [-0.2, -0.15) is 18.3 Å². The van der Waals surface area contributed by atoms with E-state index < -0.39 is 0 Å². The van der Waals surface area contributed by atoms with Gasteiger partial charge in [0.25, 0.3) is 12.7 Å². The Labute approximate surface area is 362 Å². The van der Waals surface area contributed by atoms with E-state index in [-0.39, 0.29) is 33.2 Å². The predicted molar refractivity (Wildman–Crippen MR) is 251 cm³/mol. The summed E-state index contributed by atoms with van der Waals surface area (Å²) in [6.45, 7) is 27.8. The van der Waals surface area contributed by atoms with Crippen LogP contribution in [0.2, 0.25) is 0 Å². The van der Waals surface area contributed by atoms with E-state index >= 15 is 0 Å². The molecule has 6 heteroatoms. The second kappa shape index (κ2) is 14.8. The molecule has 8 rings (SSSR count). The average molecular weight is 811 g/mol. The second-order valence-corrected chi connectivity index (χ2v) is 21.0. The first-order valence-electron chi connectivity index (χ1n) is 21.5. The average Bonchev–Trinajstić information content (AvgIpc) is 3.73. The number of imidazole rings is 2. The van der Waals surface area contributed by atoms with E-state index in [4.69, 9.17) is 0 Å². The van der Waals surface area contributed by atoms with Crippen molar-refractivity contribution in [1.29, 1.82) is 0 Å². The van der Waals surface area contributed by atoms with Crippen molar-refractivity contribution in [1.82, 2.24) is 9.13 Å². The number of aromatic hydroxyl groups is 2. The zero-order chi connectivity index (χ0) is 43.8. The molecule has 0 unspecified atom stereocenters. The third kappa shape index (κ3) is 8.08. The molecule has 0 atom stereocenters. The van der Waals surface area contributed by atoms with Crippen LogP contribution in [0.25, 0.3) is 55.7 Å². The minimum Gasteiger partial charge on any atom is -0.504 e. The zero-order valence-electron chi connectivity index (χ0n) is 38.1. The smallest absolute Gasteiger partial charge is 0.253 e. The topological polar surface area (TPSA) is 58.1 Å². The summed E-state index contributed by atoms with van der Waals surface area (Å²) in [5.74, 6) is 0.424. The van der Waals surface area contributed by atoms with Gasteiger partial charge in [0.05, 0.1) is 0 Å². The number of nitrogens with zero attached hydrogens (tertiary/aromatic N) is 4. The summed E-state index contributed by atoms with van der Waals surface area (Å²) in [7, 11) is 0. The van der Waals surface area contributed by atoms with Crippen LogP contribution in [0.3, 0.4) is 0 Å². The molecule has 2 heterocycles. The van der Waals surface area contributed by atoms with E-state index in [2.05, 4.69) is 187 Å². The Bertz CT molecular complexity index is 2690. The summed E-state index contributed by atoms with van der Waals surface area (Å²) < 4.78 is 8.70. The Morgan fingerprint density at radius 3 is 1.03 bits per heavy atom. The molecule has 0 aliphatic rings. The lowest BCUT2D eigenvalue weighted by Crippen LogP contribution is -2.30. The third-order valence-electron chi connectivity index (χ3n) is 12.2. The van der Waals surface area contributed by atoms with Crippen molar-refractivity contribution in [2.24, 2.45) is 0 Å². The van der Waals surface area contributed by atoms with Crippen LogP contribution in [-0.2, 0) is 28.3 Å². The number of phenols is 2. The van der Waals surface area contributed by atoms with Crippen LogP contribution in [-0.4, -0.2) is 19.3 Å². The maximum atomic E-state index is 11.2. The Balaban J connectivity index is 1.36. The molecule has 0 bridgehead atoms. The number of phenolic OH excluding ortho intramolecular Hbond substituents is 2. The maximum absolute atomic E-state index is 11.2. The van der Waals surface area contributed by atoms with Crippen LogP contribution in [0, 0.1) is 0 Å². The lowest BCUT2D eigenvalue weighted by molar-refractivity contribution is -0.570. The molecular weight excluding hydrogens is 749 g/mol. The summed E-state index contributed by atoms with van der Waals surface area (Å²) in [4.78, 5) is 0. The van der Waals surface area contributed by atoms with Gasteiger partial charge in [-0.1, -0.05) is 144 Å². The fourth-order valence-corrected chi connectivity index (χ4v) is 8.23. The Hall–Kier alpha value is -6.14. The fraction of sp³-hybridized carbons (Fsp3) is 0.309. The van der Waals surface area contributed by atoms with Crippen LogP contribution in [0.1, 0.15) is 105 Å². The Kier molecular flexibility index (Phi) is 10.1. The van der Waals surface area contributed by atoms with Crippen LogP contribution in [0.5, 0.6) is 11.5 Å². The first kappa shape index (κ1) is 41.6. The van der Waals surface area contributed by atoms with E-state index in [1.165, 1.54) is 33.4 Å². The van der Waals surface area contributed by atoms with Crippen molar-refractivity contribution < 1.29 is 19.3 Å². The molecule has 0 saturated heterocycles. The van der Waals surface area contributed by atoms with Gasteiger partial charge in [0, 0.05) is 0 Å². The fourth-order valence-electron chi connectivity index (χ4n) is 8.23. The number of aromatic nitrogens is 4. The van der Waals surface area contributed by atoms with Crippen LogP contribution in [0.4, 0.5) is 0 Å². The van der Waals surface area contributed by atoms with Gasteiger partial charge in [0.1, 0.15) is 0 Å². The molecule has 8 aromatic rings. The van der Waals surface area contributed by atoms with Gasteiger partial charge in [-0.25, -0.2) is 0 Å². The molecule has 2 N–H and O–H groups in total. The molecular formula is C55H62N4O2+2. The first-order chi connectivity index (χ1) is 28.6. The number of para-hydroxylation sites is 4. The lowest BCUT2D eigenvalue weighted by Gasteiger charge is -2.26. The summed E-state index contributed by atoms with van der Waals surface area (Å²) in [5, 5.41) is 22.4. The van der Waals surface area contributed by atoms with Gasteiger partial charge >= 0.3 is 0 Å². The van der Waals surface area contributed by atoms with Crippen molar-refractivity contribution in [2.45, 2.75) is 111 Å². The van der Waals surface area contributed by atoms with Crippen molar-refractivity contribution in [2.75, 3.05) is 0 Å². The third-order valence-corrected chi connectivity index (χ3v) is 12.2. The highest BCUT2D eigenvalue weighted by atomic mass is 16.3. The highest BCUT2D eigenvalue weighted by molar-refractivity contribution is 5.83. The van der Waals surface area contributed by atoms with Crippen LogP contribution in [0.15, 0.2) is 134 Å². The highest BCUT2D eigenvalue weighted by Gasteiger charge is 2.28. The molecule has 0 saturated carbocycles. The molecule has 0 aliphatic heterocycles. The normalized spacial score (nSPS) is 12.8. The van der Waals surface area contributed by atoms with Crippen molar-refractivity contribution in [3.63, 3.8) is 0 Å². The maximum Gasteiger partial charge on any atom is 0.253 e. The molecule has 0 spiro atoms. The minimum atomic E-state index is -0.0204. The molecule has 0 aliphatic carbocycles. The van der Waals surface area contributed by atoms with Crippen molar-refractivity contribution >= 4 is 22.1 Å². The van der Waals surface area contributed by atoms with Gasteiger partial charge in [0.15, 0.2) is 44.9 Å². The first-order valence-corrected chi connectivity index (χ1v) is 21.5. The number of hydrogen-bond acceptors (Lipinski definition) is 2. The number of fused-ring (bicyclic) bond motifs is 2. The highest BCUT2D eigenvalue weighted by Crippen LogP contribution is 2.37. The largest absolute Gasteiger partial charge is 0.504 e. The molecule has 6 aromatic carbocycles. The standard InChI is InChI=1S/C55H60N4O2/c1-52(2,3)40-25-38(26-41(31-40)53(4,5)6)36-21-23-44-48(29-36)56(34-58(44)46-17-13-15-19-50(46)60)33-57-35-59(47-18-14-16-20-51(47)61)45-24-22-37(30-49(45)57)39-27-42(54(7,8)9)32-43(28-39)55(10,11)12/h13-32,34-35H,33H2,1-12H3/p+2. The van der Waals surface area contributed by atoms with Gasteiger partial charge in [-0.3, -0.25) is 0 Å². The monoisotopic (exact) mass is 810 g/mol. The molecule has 6 nitrogen and oxygen atoms in total. The number of hydrogen-bond donors (Lipinski definition) is 2. The van der Waals surface area contributed by atoms with Gasteiger partial charge in [-0.05, 0) is 127 Å². The molecule has 61 heavy (non-hydrogen) atoms. The SMILES string of the molecule is CC(C)(C)c1cc(-c2ccc3c(c2)n(Cn2c[n+](-c4ccccc4O)c4ccc(-c5cc(C(C)(C)C)cc(C(C)(C)C)c5)cc42)c[n+]3-c2ccccc2O)cc(C(C)(C)C)c1. The van der Waals surface area contributed by atoms with Crippen LogP contribution >= 0.6 is 0 Å². The molecule has 0 fully saturated rings. The zero-order valence-corrected chi connectivity index (χ0v) is 38.1. The quantitative estimate of drug-likeness (QED) is 0.164. The Morgan fingerprint density at radius 1 is 0.393 bits per heavy atom. The van der Waals surface area contributed by atoms with Gasteiger partial charge in [-0.15, -0.1) is 0 Å². The summed E-state index contributed by atoms with van der Waals surface area (Å²) in [6, 6.07) is 42.5. The van der Waals surface area contributed by atoms with E-state index in [9.17, 15) is 10.2 Å². The molecule has 0 radical (unpaired) electrons.